The molecular weight excluding hydrogens is 274 g/mol. The lowest BCUT2D eigenvalue weighted by atomic mass is 10.1. The highest BCUT2D eigenvalue weighted by Gasteiger charge is 2.12. The van der Waals surface area contributed by atoms with Crippen molar-refractivity contribution >= 4 is 11.6 Å². The summed E-state index contributed by atoms with van der Waals surface area (Å²) in [5, 5.41) is 3.37. The van der Waals surface area contributed by atoms with Crippen molar-refractivity contribution in [2.75, 3.05) is 0 Å². The summed E-state index contributed by atoms with van der Waals surface area (Å²) in [6, 6.07) is 4.57. The number of hydrogen-bond acceptors (Lipinski definition) is 2. The van der Waals surface area contributed by atoms with E-state index in [1.54, 1.807) is 0 Å². The van der Waals surface area contributed by atoms with Gasteiger partial charge in [0.2, 0.25) is 0 Å². The first-order chi connectivity index (χ1) is 10.7. The van der Waals surface area contributed by atoms with Gasteiger partial charge >= 0.3 is 0 Å². The van der Waals surface area contributed by atoms with Gasteiger partial charge in [0, 0.05) is 18.4 Å². The van der Waals surface area contributed by atoms with E-state index in [9.17, 15) is 0 Å². The molecular formula is C17H25N5. The molecule has 1 aliphatic rings. The second kappa shape index (κ2) is 6.81. The van der Waals surface area contributed by atoms with Gasteiger partial charge in [-0.2, -0.15) is 0 Å². The minimum absolute atomic E-state index is 0.481. The standard InChI is InChI=1S/C17H25N5/c1-13-8-9-16-20-15(12-22(16)11-13)10-19-17(18)21-14-6-4-2-3-5-7-14/h8-9,11-12,14H,2-7,10H2,1H3,(H3,18,19,21). The molecule has 0 amide bonds. The maximum atomic E-state index is 6.03. The Morgan fingerprint density at radius 2 is 2.05 bits per heavy atom. The van der Waals surface area contributed by atoms with Crippen molar-refractivity contribution in [1.29, 1.82) is 0 Å². The molecule has 0 radical (unpaired) electrons. The van der Waals surface area contributed by atoms with Crippen LogP contribution in [0.2, 0.25) is 0 Å². The van der Waals surface area contributed by atoms with Gasteiger partial charge in [0.15, 0.2) is 5.96 Å². The lowest BCUT2D eigenvalue weighted by Gasteiger charge is -2.16. The van der Waals surface area contributed by atoms with Crippen molar-refractivity contribution in [2.24, 2.45) is 10.7 Å². The van der Waals surface area contributed by atoms with Crippen LogP contribution in [0.25, 0.3) is 5.65 Å². The van der Waals surface area contributed by atoms with Gasteiger partial charge in [-0.3, -0.25) is 0 Å². The molecule has 1 aliphatic carbocycles. The van der Waals surface area contributed by atoms with Gasteiger partial charge in [-0.15, -0.1) is 0 Å². The number of fused-ring (bicyclic) bond motifs is 1. The second-order valence-corrected chi connectivity index (χ2v) is 6.24. The number of nitrogens with zero attached hydrogens (tertiary/aromatic N) is 3. The van der Waals surface area contributed by atoms with E-state index in [2.05, 4.69) is 34.5 Å². The zero-order valence-corrected chi connectivity index (χ0v) is 13.3. The predicted octanol–water partition coefficient (Wildman–Crippen LogP) is 2.77. The van der Waals surface area contributed by atoms with Crippen LogP contribution in [-0.2, 0) is 6.54 Å². The Hall–Kier alpha value is -2.04. The van der Waals surface area contributed by atoms with Gasteiger partial charge in [0.05, 0.1) is 12.2 Å². The number of nitrogens with one attached hydrogen (secondary N) is 1. The molecule has 5 nitrogen and oxygen atoms in total. The smallest absolute Gasteiger partial charge is 0.189 e. The summed E-state index contributed by atoms with van der Waals surface area (Å²) < 4.78 is 2.04. The molecule has 5 heteroatoms. The number of imidazole rings is 1. The van der Waals surface area contributed by atoms with E-state index in [0.717, 1.165) is 11.3 Å². The van der Waals surface area contributed by atoms with Crippen LogP contribution in [0.15, 0.2) is 29.5 Å². The molecule has 118 valence electrons. The molecule has 0 aliphatic heterocycles. The normalized spacial score (nSPS) is 17.6. The van der Waals surface area contributed by atoms with Crippen LogP contribution in [0.5, 0.6) is 0 Å². The Bertz CT molecular complexity index is 650. The third-order valence-corrected chi connectivity index (χ3v) is 4.27. The average molecular weight is 299 g/mol. The molecule has 0 aromatic carbocycles. The van der Waals surface area contributed by atoms with E-state index in [-0.39, 0.29) is 0 Å². The highest BCUT2D eigenvalue weighted by atomic mass is 15.1. The molecule has 0 saturated heterocycles. The molecule has 1 saturated carbocycles. The number of aliphatic imine (C=N–C) groups is 1. The lowest BCUT2D eigenvalue weighted by Crippen LogP contribution is -2.39. The van der Waals surface area contributed by atoms with Gasteiger partial charge in [-0.05, 0) is 31.4 Å². The lowest BCUT2D eigenvalue weighted by molar-refractivity contribution is 0.530. The molecule has 0 atom stereocenters. The van der Waals surface area contributed by atoms with Crippen LogP contribution < -0.4 is 11.1 Å². The fourth-order valence-electron chi connectivity index (χ4n) is 3.08. The summed E-state index contributed by atoms with van der Waals surface area (Å²) in [4.78, 5) is 9.00. The summed E-state index contributed by atoms with van der Waals surface area (Å²) in [5.41, 5.74) is 9.13. The number of rotatable bonds is 3. The number of aryl methyl sites for hydroxylation is 1. The zero-order chi connectivity index (χ0) is 15.4. The third-order valence-electron chi connectivity index (χ3n) is 4.27. The summed E-state index contributed by atoms with van der Waals surface area (Å²) >= 11 is 0. The largest absolute Gasteiger partial charge is 0.370 e. The fourth-order valence-corrected chi connectivity index (χ4v) is 3.08. The Labute approximate surface area is 131 Å². The van der Waals surface area contributed by atoms with Crippen molar-refractivity contribution in [3.05, 3.63) is 35.8 Å². The van der Waals surface area contributed by atoms with E-state index >= 15 is 0 Å². The summed E-state index contributed by atoms with van der Waals surface area (Å²) in [6.45, 7) is 2.60. The highest BCUT2D eigenvalue weighted by molar-refractivity contribution is 5.78. The molecule has 0 spiro atoms. The van der Waals surface area contributed by atoms with Crippen molar-refractivity contribution in [3.8, 4) is 0 Å². The first kappa shape index (κ1) is 14.9. The Morgan fingerprint density at radius 3 is 2.82 bits per heavy atom. The van der Waals surface area contributed by atoms with Crippen LogP contribution in [-0.4, -0.2) is 21.4 Å². The van der Waals surface area contributed by atoms with Gasteiger partial charge in [0.1, 0.15) is 5.65 Å². The Morgan fingerprint density at radius 1 is 1.27 bits per heavy atom. The van der Waals surface area contributed by atoms with E-state index in [0.29, 0.717) is 18.5 Å². The first-order valence-electron chi connectivity index (χ1n) is 8.21. The maximum Gasteiger partial charge on any atom is 0.189 e. The molecule has 1 fully saturated rings. The predicted molar refractivity (Wildman–Crippen MR) is 89.9 cm³/mol. The number of nitrogens with two attached hydrogens (primary N) is 1. The van der Waals surface area contributed by atoms with Gasteiger partial charge in [-0.25, -0.2) is 9.98 Å². The SMILES string of the molecule is Cc1ccc2nc(CN=C(N)NC3CCCCCC3)cn2c1. The molecule has 0 bridgehead atoms. The summed E-state index contributed by atoms with van der Waals surface area (Å²) in [5.74, 6) is 0.542. The molecule has 2 aromatic heterocycles. The van der Waals surface area contributed by atoms with Crippen LogP contribution in [0.3, 0.4) is 0 Å². The molecule has 3 N–H and O–H groups in total. The highest BCUT2D eigenvalue weighted by Crippen LogP contribution is 2.17. The molecule has 0 unspecified atom stereocenters. The van der Waals surface area contributed by atoms with Crippen molar-refractivity contribution in [2.45, 2.75) is 58.0 Å². The van der Waals surface area contributed by atoms with Crippen LogP contribution >= 0.6 is 0 Å². The number of aromatic nitrogens is 2. The quantitative estimate of drug-likeness (QED) is 0.520. The van der Waals surface area contributed by atoms with E-state index in [4.69, 9.17) is 5.73 Å². The van der Waals surface area contributed by atoms with Crippen molar-refractivity contribution in [1.82, 2.24) is 14.7 Å². The van der Waals surface area contributed by atoms with Gasteiger partial charge < -0.3 is 15.5 Å². The minimum atomic E-state index is 0.481. The van der Waals surface area contributed by atoms with Crippen molar-refractivity contribution in [3.63, 3.8) is 0 Å². The monoisotopic (exact) mass is 299 g/mol. The second-order valence-electron chi connectivity index (χ2n) is 6.24. The first-order valence-corrected chi connectivity index (χ1v) is 8.21. The van der Waals surface area contributed by atoms with Crippen LogP contribution in [0.1, 0.15) is 49.8 Å². The molecule has 3 rings (SSSR count). The Balaban J connectivity index is 1.61. The molecule has 2 heterocycles. The van der Waals surface area contributed by atoms with Crippen LogP contribution in [0, 0.1) is 6.92 Å². The van der Waals surface area contributed by atoms with Gasteiger partial charge in [0.25, 0.3) is 0 Å². The van der Waals surface area contributed by atoms with E-state index in [1.807, 2.05) is 16.7 Å². The Kier molecular flexibility index (Phi) is 4.61. The topological polar surface area (TPSA) is 67.7 Å². The van der Waals surface area contributed by atoms with Crippen LogP contribution in [0.4, 0.5) is 0 Å². The molecule has 22 heavy (non-hydrogen) atoms. The van der Waals surface area contributed by atoms with E-state index < -0.39 is 0 Å². The van der Waals surface area contributed by atoms with Crippen molar-refractivity contribution < 1.29 is 0 Å². The minimum Gasteiger partial charge on any atom is -0.370 e. The van der Waals surface area contributed by atoms with E-state index in [1.165, 1.54) is 44.1 Å². The number of guanidine groups is 1. The molecule has 2 aromatic rings. The number of hydrogen-bond donors (Lipinski definition) is 2. The maximum absolute atomic E-state index is 6.03. The summed E-state index contributed by atoms with van der Waals surface area (Å²) in [6.07, 6.45) is 11.8. The average Bonchev–Trinajstić information content (AvgIpc) is 2.72. The zero-order valence-electron chi connectivity index (χ0n) is 13.3. The summed E-state index contributed by atoms with van der Waals surface area (Å²) in [7, 11) is 0. The third kappa shape index (κ3) is 3.78. The fraction of sp³-hybridized carbons (Fsp3) is 0.529. The number of pyridine rings is 1. The van der Waals surface area contributed by atoms with Gasteiger partial charge in [-0.1, -0.05) is 31.7 Å².